The van der Waals surface area contributed by atoms with Gasteiger partial charge in [-0.05, 0) is 31.9 Å². The van der Waals surface area contributed by atoms with E-state index in [0.29, 0.717) is 22.0 Å². The molecule has 1 amide bonds. The summed E-state index contributed by atoms with van der Waals surface area (Å²) < 4.78 is 7.79. The van der Waals surface area contributed by atoms with Gasteiger partial charge in [-0.2, -0.15) is 0 Å². The number of carbonyl (C=O) groups is 1. The molecule has 2 aromatic rings. The lowest BCUT2D eigenvalue weighted by molar-refractivity contribution is -0.117. The van der Waals surface area contributed by atoms with E-state index in [1.54, 1.807) is 13.0 Å². The van der Waals surface area contributed by atoms with Crippen LogP contribution in [0.25, 0.3) is 0 Å². The molecule has 0 radical (unpaired) electrons. The Hall–Kier alpha value is -1.73. The summed E-state index contributed by atoms with van der Waals surface area (Å²) in [5.74, 6) is 0.972. The average molecular weight is 353 g/mol. The van der Waals surface area contributed by atoms with E-state index in [1.165, 1.54) is 11.8 Å². The van der Waals surface area contributed by atoms with Crippen LogP contribution < -0.4 is 10.5 Å². The largest absolute Gasteiger partial charge is 0.484 e. The minimum Gasteiger partial charge on any atom is -0.484 e. The molecule has 122 valence electrons. The lowest BCUT2D eigenvalue weighted by atomic mass is 10.3. The van der Waals surface area contributed by atoms with Crippen molar-refractivity contribution in [3.05, 3.63) is 35.1 Å². The number of thioether (sulfide) groups is 1. The summed E-state index contributed by atoms with van der Waals surface area (Å²) in [6.07, 6.45) is 2.16. The van der Waals surface area contributed by atoms with Crippen molar-refractivity contribution in [1.82, 2.24) is 14.8 Å². The molecular weight excluding hydrogens is 336 g/mol. The van der Waals surface area contributed by atoms with Gasteiger partial charge in [0.25, 0.3) is 0 Å². The highest BCUT2D eigenvalue weighted by Crippen LogP contribution is 2.39. The molecule has 23 heavy (non-hydrogen) atoms. The summed E-state index contributed by atoms with van der Waals surface area (Å²) in [4.78, 5) is 11.3. The van der Waals surface area contributed by atoms with Crippen molar-refractivity contribution in [3.63, 3.8) is 0 Å². The van der Waals surface area contributed by atoms with E-state index in [9.17, 15) is 4.79 Å². The molecule has 1 heterocycles. The van der Waals surface area contributed by atoms with Crippen LogP contribution in [0.15, 0.2) is 29.4 Å². The molecule has 1 aromatic carbocycles. The normalized spacial score (nSPS) is 15.4. The Balaban J connectivity index is 1.76. The van der Waals surface area contributed by atoms with E-state index in [2.05, 4.69) is 10.2 Å². The molecule has 0 unspecified atom stereocenters. The van der Waals surface area contributed by atoms with Crippen molar-refractivity contribution < 1.29 is 9.53 Å². The van der Waals surface area contributed by atoms with Gasteiger partial charge in [-0.15, -0.1) is 10.2 Å². The topological polar surface area (TPSA) is 83.0 Å². The minimum atomic E-state index is -0.366. The number of primary amides is 1. The Labute approximate surface area is 143 Å². The third kappa shape index (κ3) is 3.79. The molecule has 0 aliphatic heterocycles. The number of aromatic nitrogens is 3. The first-order chi connectivity index (χ1) is 11.1. The SMILES string of the molecule is C[C@@H](Sc1nnc(COc2ccccc2Cl)n1C1CC1)C(N)=O. The third-order valence-electron chi connectivity index (χ3n) is 3.52. The van der Waals surface area contributed by atoms with E-state index < -0.39 is 0 Å². The summed E-state index contributed by atoms with van der Waals surface area (Å²) in [6, 6.07) is 7.67. The predicted octanol–water partition coefficient (Wildman–Crippen LogP) is 2.81. The summed E-state index contributed by atoms with van der Waals surface area (Å²) in [6.45, 7) is 2.04. The van der Waals surface area contributed by atoms with Crippen LogP contribution in [0.3, 0.4) is 0 Å². The smallest absolute Gasteiger partial charge is 0.230 e. The van der Waals surface area contributed by atoms with Gasteiger partial charge < -0.3 is 10.5 Å². The minimum absolute atomic E-state index is 0.277. The maximum absolute atomic E-state index is 11.3. The number of halogens is 1. The highest BCUT2D eigenvalue weighted by molar-refractivity contribution is 8.00. The first kappa shape index (κ1) is 16.1. The summed E-state index contributed by atoms with van der Waals surface area (Å²) in [7, 11) is 0. The monoisotopic (exact) mass is 352 g/mol. The van der Waals surface area contributed by atoms with Gasteiger partial charge in [0.1, 0.15) is 12.4 Å². The van der Waals surface area contributed by atoms with Gasteiger partial charge in [0.15, 0.2) is 11.0 Å². The second-order valence-electron chi connectivity index (χ2n) is 5.38. The van der Waals surface area contributed by atoms with Crippen LogP contribution in [0.2, 0.25) is 5.02 Å². The fourth-order valence-electron chi connectivity index (χ4n) is 2.11. The van der Waals surface area contributed by atoms with Gasteiger partial charge in [-0.1, -0.05) is 35.5 Å². The molecule has 2 N–H and O–H groups in total. The maximum atomic E-state index is 11.3. The second kappa shape index (κ2) is 6.80. The fraction of sp³-hybridized carbons (Fsp3) is 0.400. The van der Waals surface area contributed by atoms with Crippen molar-refractivity contribution in [2.45, 2.75) is 42.8 Å². The number of para-hydroxylation sites is 1. The summed E-state index contributed by atoms with van der Waals surface area (Å²) >= 11 is 7.42. The van der Waals surface area contributed by atoms with Crippen LogP contribution in [0.4, 0.5) is 0 Å². The zero-order chi connectivity index (χ0) is 16.4. The van der Waals surface area contributed by atoms with Crippen molar-refractivity contribution in [3.8, 4) is 5.75 Å². The predicted molar refractivity (Wildman–Crippen MR) is 88.6 cm³/mol. The number of benzene rings is 1. The zero-order valence-corrected chi connectivity index (χ0v) is 14.2. The maximum Gasteiger partial charge on any atom is 0.230 e. The Morgan fingerprint density at radius 1 is 1.48 bits per heavy atom. The van der Waals surface area contributed by atoms with E-state index in [1.807, 2.05) is 22.8 Å². The molecule has 1 saturated carbocycles. The first-order valence-corrected chi connectivity index (χ1v) is 8.59. The Bertz CT molecular complexity index is 717. The molecular formula is C15H17ClN4O2S. The number of hydrogen-bond donors (Lipinski definition) is 1. The molecule has 1 aromatic heterocycles. The molecule has 1 atom stereocenters. The van der Waals surface area contributed by atoms with Gasteiger partial charge in [-0.3, -0.25) is 9.36 Å². The van der Waals surface area contributed by atoms with Gasteiger partial charge >= 0.3 is 0 Å². The van der Waals surface area contributed by atoms with E-state index in [4.69, 9.17) is 22.1 Å². The fourth-order valence-corrected chi connectivity index (χ4v) is 3.18. The number of amides is 1. The van der Waals surface area contributed by atoms with Gasteiger partial charge in [0, 0.05) is 6.04 Å². The van der Waals surface area contributed by atoms with Crippen LogP contribution in [-0.4, -0.2) is 25.9 Å². The number of nitrogens with two attached hydrogens (primary N) is 1. The van der Waals surface area contributed by atoms with E-state index in [0.717, 1.165) is 18.7 Å². The standard InChI is InChI=1S/C15H17ClN4O2S/c1-9(14(17)21)23-15-19-18-13(20(15)10-6-7-10)8-22-12-5-3-2-4-11(12)16/h2-5,9-10H,6-8H2,1H3,(H2,17,21)/t9-/m1/s1. The number of hydrogen-bond acceptors (Lipinski definition) is 5. The van der Waals surface area contributed by atoms with Crippen LogP contribution in [0.1, 0.15) is 31.6 Å². The van der Waals surface area contributed by atoms with Crippen LogP contribution >= 0.6 is 23.4 Å². The molecule has 0 bridgehead atoms. The molecule has 0 spiro atoms. The molecule has 1 aliphatic carbocycles. The molecule has 1 aliphatic rings. The van der Waals surface area contributed by atoms with Crippen LogP contribution in [0, 0.1) is 0 Å². The van der Waals surface area contributed by atoms with Crippen molar-refractivity contribution in [2.75, 3.05) is 0 Å². The highest BCUT2D eigenvalue weighted by Gasteiger charge is 2.31. The quantitative estimate of drug-likeness (QED) is 0.775. The van der Waals surface area contributed by atoms with Crippen molar-refractivity contribution >= 4 is 29.3 Å². The van der Waals surface area contributed by atoms with Gasteiger partial charge in [-0.25, -0.2) is 0 Å². The number of carbonyl (C=O) groups excluding carboxylic acids is 1. The Kier molecular flexibility index (Phi) is 4.77. The molecule has 8 heteroatoms. The number of nitrogens with zero attached hydrogens (tertiary/aromatic N) is 3. The number of ether oxygens (including phenoxy) is 1. The summed E-state index contributed by atoms with van der Waals surface area (Å²) in [5, 5.41) is 9.31. The molecule has 1 fully saturated rings. The second-order valence-corrected chi connectivity index (χ2v) is 7.10. The van der Waals surface area contributed by atoms with Gasteiger partial charge in [0.05, 0.1) is 10.3 Å². The Morgan fingerprint density at radius 2 is 2.22 bits per heavy atom. The van der Waals surface area contributed by atoms with E-state index >= 15 is 0 Å². The van der Waals surface area contributed by atoms with E-state index in [-0.39, 0.29) is 17.8 Å². The number of rotatable bonds is 7. The molecule has 3 rings (SSSR count). The van der Waals surface area contributed by atoms with Crippen molar-refractivity contribution in [1.29, 1.82) is 0 Å². The van der Waals surface area contributed by atoms with Gasteiger partial charge in [0.2, 0.25) is 5.91 Å². The third-order valence-corrected chi connectivity index (χ3v) is 4.91. The van der Waals surface area contributed by atoms with Crippen LogP contribution in [0.5, 0.6) is 5.75 Å². The molecule has 0 saturated heterocycles. The lowest BCUT2D eigenvalue weighted by Gasteiger charge is -2.12. The highest BCUT2D eigenvalue weighted by atomic mass is 35.5. The van der Waals surface area contributed by atoms with Crippen molar-refractivity contribution in [2.24, 2.45) is 5.73 Å². The first-order valence-electron chi connectivity index (χ1n) is 7.33. The zero-order valence-electron chi connectivity index (χ0n) is 12.6. The Morgan fingerprint density at radius 3 is 2.87 bits per heavy atom. The average Bonchev–Trinajstić information content (AvgIpc) is 3.28. The molecule has 6 nitrogen and oxygen atoms in total. The lowest BCUT2D eigenvalue weighted by Crippen LogP contribution is -2.23. The van der Waals surface area contributed by atoms with Crippen LogP contribution in [-0.2, 0) is 11.4 Å². The summed E-state index contributed by atoms with van der Waals surface area (Å²) in [5.41, 5.74) is 5.33.